The van der Waals surface area contributed by atoms with Gasteiger partial charge in [0.15, 0.2) is 5.78 Å². The number of nitrogens with zero attached hydrogens (tertiary/aromatic N) is 4. The van der Waals surface area contributed by atoms with E-state index in [1.165, 1.54) is 0 Å². The molecule has 0 saturated carbocycles. The zero-order valence-electron chi connectivity index (χ0n) is 14.6. The van der Waals surface area contributed by atoms with Gasteiger partial charge in [-0.05, 0) is 37.1 Å². The van der Waals surface area contributed by atoms with Gasteiger partial charge in [0.05, 0.1) is 12.0 Å². The molecule has 0 fully saturated rings. The molecule has 0 spiro atoms. The van der Waals surface area contributed by atoms with Crippen LogP contribution < -0.4 is 4.74 Å². The van der Waals surface area contributed by atoms with E-state index in [-0.39, 0.29) is 5.78 Å². The van der Waals surface area contributed by atoms with Gasteiger partial charge in [0, 0.05) is 18.0 Å². The molecule has 0 atom stereocenters. The van der Waals surface area contributed by atoms with Crippen LogP contribution in [0.25, 0.3) is 23.1 Å². The van der Waals surface area contributed by atoms with Crippen molar-refractivity contribution < 1.29 is 14.1 Å². The molecule has 1 aromatic carbocycles. The summed E-state index contributed by atoms with van der Waals surface area (Å²) in [6.45, 7) is 4.09. The van der Waals surface area contributed by atoms with E-state index in [2.05, 4.69) is 20.1 Å². The molecular weight excluding hydrogens is 332 g/mol. The standard InChI is InChI=1S/C19H18N4O3/c1-3-19(4-2)11-14(24)13-10-12(6-7-15(13)25-19)18-22-17(23-26-18)16-20-8-5-9-21-16/h5-10H,3-4,11H2,1-2H3. The molecule has 0 amide bonds. The molecule has 7 nitrogen and oxygen atoms in total. The van der Waals surface area contributed by atoms with E-state index in [0.29, 0.717) is 40.8 Å². The van der Waals surface area contributed by atoms with E-state index in [9.17, 15) is 4.79 Å². The van der Waals surface area contributed by atoms with E-state index in [4.69, 9.17) is 9.26 Å². The van der Waals surface area contributed by atoms with Gasteiger partial charge in [-0.2, -0.15) is 4.98 Å². The molecule has 26 heavy (non-hydrogen) atoms. The summed E-state index contributed by atoms with van der Waals surface area (Å²) in [5.74, 6) is 1.68. The summed E-state index contributed by atoms with van der Waals surface area (Å²) < 4.78 is 11.5. The molecule has 3 aromatic rings. The van der Waals surface area contributed by atoms with Crippen molar-refractivity contribution in [2.45, 2.75) is 38.7 Å². The Balaban J connectivity index is 1.68. The minimum absolute atomic E-state index is 0.0722. The number of ketones is 1. The van der Waals surface area contributed by atoms with Crippen molar-refractivity contribution >= 4 is 5.78 Å². The molecule has 0 unspecified atom stereocenters. The third-order valence-electron chi connectivity index (χ3n) is 4.82. The highest BCUT2D eigenvalue weighted by molar-refractivity contribution is 6.01. The van der Waals surface area contributed by atoms with Crippen molar-refractivity contribution in [2.24, 2.45) is 0 Å². The molecule has 0 saturated heterocycles. The Morgan fingerprint density at radius 1 is 1.12 bits per heavy atom. The lowest BCUT2D eigenvalue weighted by molar-refractivity contribution is 0.0350. The molecule has 2 aromatic heterocycles. The summed E-state index contributed by atoms with van der Waals surface area (Å²) in [6.07, 6.45) is 5.19. The number of benzene rings is 1. The van der Waals surface area contributed by atoms with E-state index in [0.717, 1.165) is 12.8 Å². The summed E-state index contributed by atoms with van der Waals surface area (Å²) in [4.78, 5) is 25.2. The van der Waals surface area contributed by atoms with Gasteiger partial charge in [-0.3, -0.25) is 4.79 Å². The van der Waals surface area contributed by atoms with Gasteiger partial charge in [-0.15, -0.1) is 0 Å². The second-order valence-electron chi connectivity index (χ2n) is 6.30. The molecule has 132 valence electrons. The number of hydrogen-bond donors (Lipinski definition) is 0. The van der Waals surface area contributed by atoms with Crippen LogP contribution in [0.15, 0.2) is 41.2 Å². The van der Waals surface area contributed by atoms with Crippen molar-refractivity contribution in [3.8, 4) is 28.9 Å². The summed E-state index contributed by atoms with van der Waals surface area (Å²) in [7, 11) is 0. The molecule has 0 N–H and O–H groups in total. The van der Waals surface area contributed by atoms with Gasteiger partial charge >= 0.3 is 0 Å². The number of aromatic nitrogens is 4. The van der Waals surface area contributed by atoms with Crippen molar-refractivity contribution in [3.05, 3.63) is 42.2 Å². The Labute approximate surface area is 150 Å². The number of rotatable bonds is 4. The van der Waals surface area contributed by atoms with Gasteiger partial charge in [-0.25, -0.2) is 9.97 Å². The third kappa shape index (κ3) is 2.75. The second-order valence-corrected chi connectivity index (χ2v) is 6.30. The highest BCUT2D eigenvalue weighted by Gasteiger charge is 2.37. The predicted molar refractivity (Wildman–Crippen MR) is 93.6 cm³/mol. The minimum Gasteiger partial charge on any atom is -0.486 e. The average molecular weight is 350 g/mol. The highest BCUT2D eigenvalue weighted by atomic mass is 16.5. The summed E-state index contributed by atoms with van der Waals surface area (Å²) in [5.41, 5.74) is 0.806. The molecule has 1 aliphatic rings. The highest BCUT2D eigenvalue weighted by Crippen LogP contribution is 2.38. The van der Waals surface area contributed by atoms with Crippen molar-refractivity contribution in [1.29, 1.82) is 0 Å². The van der Waals surface area contributed by atoms with Gasteiger partial charge in [0.2, 0.25) is 11.6 Å². The maximum Gasteiger partial charge on any atom is 0.258 e. The molecule has 3 heterocycles. The zero-order chi connectivity index (χ0) is 18.1. The number of fused-ring (bicyclic) bond motifs is 1. The number of hydrogen-bond acceptors (Lipinski definition) is 7. The van der Waals surface area contributed by atoms with E-state index in [1.54, 1.807) is 30.6 Å². The lowest BCUT2D eigenvalue weighted by Crippen LogP contribution is -2.40. The van der Waals surface area contributed by atoms with Crippen LogP contribution in [0, 0.1) is 0 Å². The summed E-state index contributed by atoms with van der Waals surface area (Å²) in [6, 6.07) is 7.07. The van der Waals surface area contributed by atoms with Crippen LogP contribution >= 0.6 is 0 Å². The Morgan fingerprint density at radius 2 is 1.88 bits per heavy atom. The molecule has 0 bridgehead atoms. The Bertz CT molecular complexity index is 948. The first-order valence-electron chi connectivity index (χ1n) is 8.62. The molecule has 4 rings (SSSR count). The van der Waals surface area contributed by atoms with Crippen LogP contribution in [0.1, 0.15) is 43.5 Å². The number of ether oxygens (including phenoxy) is 1. The SMILES string of the molecule is CCC1(CC)CC(=O)c2cc(-c3nc(-c4ncccn4)no3)ccc2O1. The first-order chi connectivity index (χ1) is 12.6. The smallest absolute Gasteiger partial charge is 0.258 e. The molecule has 7 heteroatoms. The van der Waals surface area contributed by atoms with Crippen LogP contribution in [-0.2, 0) is 0 Å². The number of carbonyl (C=O) groups is 1. The fourth-order valence-electron chi connectivity index (χ4n) is 3.12. The van der Waals surface area contributed by atoms with Gasteiger partial charge in [0.1, 0.15) is 11.4 Å². The van der Waals surface area contributed by atoms with Crippen LogP contribution in [0.2, 0.25) is 0 Å². The molecular formula is C19H18N4O3. The van der Waals surface area contributed by atoms with Crippen LogP contribution in [0.4, 0.5) is 0 Å². The summed E-state index contributed by atoms with van der Waals surface area (Å²) >= 11 is 0. The fourth-order valence-corrected chi connectivity index (χ4v) is 3.12. The predicted octanol–water partition coefficient (Wildman–Crippen LogP) is 3.72. The van der Waals surface area contributed by atoms with Crippen molar-refractivity contribution in [1.82, 2.24) is 20.1 Å². The number of Topliss-reactive ketones (excluding diaryl/α,β-unsaturated/α-hetero) is 1. The third-order valence-corrected chi connectivity index (χ3v) is 4.82. The zero-order valence-corrected chi connectivity index (χ0v) is 14.6. The fraction of sp³-hybridized carbons (Fsp3) is 0.316. The minimum atomic E-state index is -0.409. The first kappa shape index (κ1) is 16.4. The van der Waals surface area contributed by atoms with Crippen molar-refractivity contribution in [2.75, 3.05) is 0 Å². The van der Waals surface area contributed by atoms with Gasteiger partial charge in [-0.1, -0.05) is 19.0 Å². The second kappa shape index (κ2) is 6.33. The van der Waals surface area contributed by atoms with Gasteiger partial charge < -0.3 is 9.26 Å². The molecule has 0 aliphatic carbocycles. The molecule has 1 aliphatic heterocycles. The molecule has 0 radical (unpaired) electrons. The normalized spacial score (nSPS) is 15.4. The van der Waals surface area contributed by atoms with Gasteiger partial charge in [0.25, 0.3) is 5.89 Å². The van der Waals surface area contributed by atoms with Crippen LogP contribution in [-0.4, -0.2) is 31.5 Å². The van der Waals surface area contributed by atoms with Crippen LogP contribution in [0.3, 0.4) is 0 Å². The van der Waals surface area contributed by atoms with Crippen molar-refractivity contribution in [3.63, 3.8) is 0 Å². The van der Waals surface area contributed by atoms with Crippen LogP contribution in [0.5, 0.6) is 5.75 Å². The largest absolute Gasteiger partial charge is 0.486 e. The lowest BCUT2D eigenvalue weighted by atomic mass is 9.85. The number of carbonyl (C=O) groups excluding carboxylic acids is 1. The summed E-state index contributed by atoms with van der Waals surface area (Å²) in [5, 5.41) is 3.92. The maximum absolute atomic E-state index is 12.7. The van der Waals surface area contributed by atoms with E-state index in [1.807, 2.05) is 19.9 Å². The Kier molecular flexibility index (Phi) is 3.99. The van der Waals surface area contributed by atoms with E-state index < -0.39 is 5.60 Å². The first-order valence-corrected chi connectivity index (χ1v) is 8.62. The average Bonchev–Trinajstić information content (AvgIpc) is 3.18. The monoisotopic (exact) mass is 350 g/mol. The van der Waals surface area contributed by atoms with E-state index >= 15 is 0 Å². The maximum atomic E-state index is 12.7. The Hall–Kier alpha value is -3.09. The Morgan fingerprint density at radius 3 is 2.62 bits per heavy atom. The quantitative estimate of drug-likeness (QED) is 0.708. The lowest BCUT2D eigenvalue weighted by Gasteiger charge is -2.36. The topological polar surface area (TPSA) is 91.0 Å².